The molecule has 0 saturated carbocycles. The molecule has 1 unspecified atom stereocenters. The van der Waals surface area contributed by atoms with E-state index in [1.54, 1.807) is 33.8 Å². The van der Waals surface area contributed by atoms with Crippen molar-refractivity contribution in [1.29, 1.82) is 0 Å². The quantitative estimate of drug-likeness (QED) is 0.283. The van der Waals surface area contributed by atoms with Crippen molar-refractivity contribution in [3.8, 4) is 0 Å². The van der Waals surface area contributed by atoms with E-state index < -0.39 is 43.0 Å². The number of carbonyl (C=O) groups excluding carboxylic acids is 3. The summed E-state index contributed by atoms with van der Waals surface area (Å²) in [5, 5.41) is 3.80. The van der Waals surface area contributed by atoms with Crippen molar-refractivity contribution in [2.24, 2.45) is 0 Å². The van der Waals surface area contributed by atoms with Gasteiger partial charge in [0.1, 0.15) is 10.8 Å². The van der Waals surface area contributed by atoms with Crippen LogP contribution in [0.15, 0.2) is 72.3 Å². The second kappa shape index (κ2) is 11.3. The van der Waals surface area contributed by atoms with Crippen LogP contribution in [-0.4, -0.2) is 54.9 Å². The molecule has 2 amide bonds. The van der Waals surface area contributed by atoms with Gasteiger partial charge in [-0.25, -0.2) is 9.69 Å². The minimum atomic E-state index is -2.89. The van der Waals surface area contributed by atoms with Crippen LogP contribution in [0.25, 0.3) is 0 Å². The topological polar surface area (TPSA) is 84.9 Å². The van der Waals surface area contributed by atoms with E-state index in [0.29, 0.717) is 0 Å². The van der Waals surface area contributed by atoms with Crippen LogP contribution in [0.5, 0.6) is 0 Å². The number of esters is 1. The van der Waals surface area contributed by atoms with Crippen molar-refractivity contribution in [2.45, 2.75) is 58.1 Å². The molecule has 38 heavy (non-hydrogen) atoms. The monoisotopic (exact) mass is 572 g/mol. The number of nitrogens with one attached hydrogen (secondary N) is 1. The molecular weight excluding hydrogens is 535 g/mol. The first-order valence-corrected chi connectivity index (χ1v) is 18.9. The summed E-state index contributed by atoms with van der Waals surface area (Å²) in [6.07, 6.45) is -2.00. The summed E-state index contributed by atoms with van der Waals surface area (Å²) >= 11 is 6.45. The molecule has 1 aliphatic heterocycles. The van der Waals surface area contributed by atoms with E-state index >= 15 is 0 Å². The van der Waals surface area contributed by atoms with Gasteiger partial charge in [0.05, 0.1) is 27.4 Å². The van der Waals surface area contributed by atoms with Crippen LogP contribution >= 0.6 is 6.19 Å². The Labute approximate surface area is 231 Å². The molecule has 1 atom stereocenters. The lowest BCUT2D eigenvalue weighted by Crippen LogP contribution is -2.69. The molecule has 2 aromatic rings. The number of hydrogen-bond acceptors (Lipinski definition) is 6. The zero-order valence-electron chi connectivity index (χ0n) is 23.1. The van der Waals surface area contributed by atoms with Gasteiger partial charge in [0.2, 0.25) is 0 Å². The van der Waals surface area contributed by atoms with Crippen molar-refractivity contribution in [3.05, 3.63) is 72.3 Å². The predicted octanol–water partition coefficient (Wildman–Crippen LogP) is 4.50. The SMILES string of the molecule is CCOC(=O)C(NP(=S)(c1ccccc1)c1ccccc1)(C1=CCN(C(=O)OC(C)(C)C)C1=O)[Si](C)(C)C. The third kappa shape index (κ3) is 5.86. The fraction of sp³-hybridized carbons (Fsp3) is 0.393. The number of hydrogen-bond donors (Lipinski definition) is 1. The summed E-state index contributed by atoms with van der Waals surface area (Å²) in [6, 6.07) is 19.2. The fourth-order valence-corrected chi connectivity index (χ4v) is 11.8. The highest BCUT2D eigenvalue weighted by Gasteiger charge is 2.60. The summed E-state index contributed by atoms with van der Waals surface area (Å²) in [7, 11) is -2.72. The minimum absolute atomic E-state index is 0.00403. The average Bonchev–Trinajstić information content (AvgIpc) is 3.23. The third-order valence-electron chi connectivity index (χ3n) is 6.24. The second-order valence-electron chi connectivity index (χ2n) is 11.1. The molecule has 0 spiro atoms. The van der Waals surface area contributed by atoms with Gasteiger partial charge in [0, 0.05) is 16.2 Å². The van der Waals surface area contributed by atoms with Crippen molar-refractivity contribution < 1.29 is 23.9 Å². The van der Waals surface area contributed by atoms with Crippen LogP contribution in [0.3, 0.4) is 0 Å². The van der Waals surface area contributed by atoms with Crippen molar-refractivity contribution in [3.63, 3.8) is 0 Å². The standard InChI is InChI=1S/C28H37N2O5PSSi/c1-8-34-25(32)28(38(5,6)7,23-19-20-30(24(23)31)26(33)35-27(2,3)4)29-36(37,21-15-11-9-12-16-21)22-17-13-10-14-18-22/h9-19H,8,20H2,1-7H3,(H,29,37). The second-order valence-corrected chi connectivity index (χ2v) is 20.5. The molecule has 0 aliphatic carbocycles. The van der Waals surface area contributed by atoms with Crippen LogP contribution in [-0.2, 0) is 30.9 Å². The first kappa shape index (κ1) is 30.0. The van der Waals surface area contributed by atoms with Gasteiger partial charge >= 0.3 is 12.1 Å². The normalized spacial score (nSPS) is 16.0. The fourth-order valence-electron chi connectivity index (χ4n) is 4.41. The van der Waals surface area contributed by atoms with Gasteiger partial charge in [-0.1, -0.05) is 98.2 Å². The lowest BCUT2D eigenvalue weighted by atomic mass is 10.1. The number of imide groups is 1. The van der Waals surface area contributed by atoms with E-state index in [9.17, 15) is 14.4 Å². The Balaban J connectivity index is 2.24. The molecule has 7 nitrogen and oxygen atoms in total. The molecule has 1 aliphatic rings. The van der Waals surface area contributed by atoms with E-state index in [1.807, 2.05) is 80.3 Å². The average molecular weight is 573 g/mol. The number of rotatable bonds is 8. The zero-order valence-corrected chi connectivity index (χ0v) is 25.8. The van der Waals surface area contributed by atoms with Crippen molar-refractivity contribution in [1.82, 2.24) is 9.99 Å². The summed E-state index contributed by atoms with van der Waals surface area (Å²) < 4.78 is 11.1. The zero-order chi connectivity index (χ0) is 28.4. The van der Waals surface area contributed by atoms with Crippen molar-refractivity contribution in [2.75, 3.05) is 13.2 Å². The van der Waals surface area contributed by atoms with Crippen LogP contribution in [0.1, 0.15) is 27.7 Å². The van der Waals surface area contributed by atoms with Gasteiger partial charge in [0.15, 0.2) is 0 Å². The molecule has 1 heterocycles. The van der Waals surface area contributed by atoms with Crippen LogP contribution < -0.4 is 15.7 Å². The smallest absolute Gasteiger partial charge is 0.417 e. The maximum atomic E-state index is 14.1. The molecule has 0 bridgehead atoms. The molecular formula is C28H37N2O5PSSi. The summed E-state index contributed by atoms with van der Waals surface area (Å²) in [5.41, 5.74) is -0.598. The van der Waals surface area contributed by atoms with E-state index in [-0.39, 0.29) is 18.7 Å². The maximum absolute atomic E-state index is 14.1. The number of benzene rings is 2. The Hall–Kier alpha value is -2.58. The molecule has 0 aromatic heterocycles. The molecule has 0 radical (unpaired) electrons. The number of ether oxygens (including phenoxy) is 2. The summed E-state index contributed by atoms with van der Waals surface area (Å²) in [4.78, 5) is 41.9. The maximum Gasteiger partial charge on any atom is 0.417 e. The first-order chi connectivity index (χ1) is 17.7. The largest absolute Gasteiger partial charge is 0.465 e. The third-order valence-corrected chi connectivity index (χ3v) is 13.5. The Morgan fingerprint density at radius 2 is 1.50 bits per heavy atom. The van der Waals surface area contributed by atoms with Gasteiger partial charge in [-0.2, -0.15) is 0 Å². The minimum Gasteiger partial charge on any atom is -0.465 e. The summed E-state index contributed by atoms with van der Waals surface area (Å²) in [5.74, 6) is -1.14. The molecule has 204 valence electrons. The number of carbonyl (C=O) groups is 3. The van der Waals surface area contributed by atoms with Gasteiger partial charge in [-0.15, -0.1) is 0 Å². The van der Waals surface area contributed by atoms with Crippen LogP contribution in [0, 0.1) is 0 Å². The van der Waals surface area contributed by atoms with Crippen LogP contribution in [0.4, 0.5) is 4.79 Å². The summed E-state index contributed by atoms with van der Waals surface area (Å²) in [6.45, 7) is 13.1. The lowest BCUT2D eigenvalue weighted by molar-refractivity contribution is -0.147. The highest BCUT2D eigenvalue weighted by atomic mass is 32.4. The van der Waals surface area contributed by atoms with Gasteiger partial charge in [0.25, 0.3) is 5.91 Å². The molecule has 0 saturated heterocycles. The van der Waals surface area contributed by atoms with E-state index in [2.05, 4.69) is 5.09 Å². The predicted molar refractivity (Wildman–Crippen MR) is 158 cm³/mol. The molecule has 10 heteroatoms. The highest BCUT2D eigenvalue weighted by molar-refractivity contribution is 8.21. The molecule has 0 fully saturated rings. The Kier molecular flexibility index (Phi) is 8.88. The Morgan fingerprint density at radius 1 is 1.00 bits per heavy atom. The first-order valence-electron chi connectivity index (χ1n) is 12.6. The highest BCUT2D eigenvalue weighted by Crippen LogP contribution is 2.47. The van der Waals surface area contributed by atoms with Gasteiger partial charge in [-0.05, 0) is 27.7 Å². The Morgan fingerprint density at radius 3 is 1.92 bits per heavy atom. The van der Waals surface area contributed by atoms with E-state index in [0.717, 1.165) is 15.5 Å². The number of nitrogens with zero attached hydrogens (tertiary/aromatic N) is 1. The van der Waals surface area contributed by atoms with E-state index in [4.69, 9.17) is 21.3 Å². The van der Waals surface area contributed by atoms with Gasteiger partial charge in [-0.3, -0.25) is 14.7 Å². The number of amides is 2. The van der Waals surface area contributed by atoms with Crippen LogP contribution in [0.2, 0.25) is 19.6 Å². The van der Waals surface area contributed by atoms with Crippen molar-refractivity contribution >= 4 is 54.6 Å². The van der Waals surface area contributed by atoms with E-state index in [1.165, 1.54) is 0 Å². The van der Waals surface area contributed by atoms with Gasteiger partial charge < -0.3 is 9.47 Å². The molecule has 2 aromatic carbocycles. The Bertz CT molecular complexity index is 1230. The lowest BCUT2D eigenvalue weighted by Gasteiger charge is -2.46. The molecule has 1 N–H and O–H groups in total. The molecule has 3 rings (SSSR count).